The molecule has 1 aromatic rings. The molecule has 1 saturated carbocycles. The van der Waals surface area contributed by atoms with E-state index >= 15 is 0 Å². The van der Waals surface area contributed by atoms with E-state index in [1.807, 2.05) is 25.1 Å². The highest BCUT2D eigenvalue weighted by atomic mass is 32.2. The van der Waals surface area contributed by atoms with E-state index in [1.165, 1.54) is 18.4 Å². The molecule has 0 aromatic heterocycles. The van der Waals surface area contributed by atoms with Crippen molar-refractivity contribution in [3.63, 3.8) is 0 Å². The summed E-state index contributed by atoms with van der Waals surface area (Å²) < 4.78 is 0. The second-order valence-electron chi connectivity index (χ2n) is 4.80. The maximum atomic E-state index is 11.9. The molecule has 0 aliphatic heterocycles. The number of benzene rings is 1. The second kappa shape index (κ2) is 7.34. The molecule has 0 bridgehead atoms. The summed E-state index contributed by atoms with van der Waals surface area (Å²) in [6.45, 7) is 1.93. The molecular weight excluding hydrogens is 256 g/mol. The number of rotatable bonds is 5. The fourth-order valence-electron chi connectivity index (χ4n) is 1.99. The highest BCUT2D eigenvalue weighted by Gasteiger charge is 2.14. The summed E-state index contributed by atoms with van der Waals surface area (Å²) in [6, 6.07) is 10.2. The molecule has 0 heterocycles. The van der Waals surface area contributed by atoms with Crippen LogP contribution in [0.3, 0.4) is 0 Å². The molecule has 0 spiro atoms. The predicted molar refractivity (Wildman–Crippen MR) is 81.2 cm³/mol. The van der Waals surface area contributed by atoms with Crippen molar-refractivity contribution in [2.45, 2.75) is 43.6 Å². The lowest BCUT2D eigenvalue weighted by molar-refractivity contribution is -0.120. The molecule has 1 amide bonds. The van der Waals surface area contributed by atoms with Gasteiger partial charge in [-0.15, -0.1) is 11.8 Å². The molecule has 4 heteroatoms. The van der Waals surface area contributed by atoms with Crippen LogP contribution in [0.15, 0.2) is 35.4 Å². The third-order valence-corrected chi connectivity index (χ3v) is 4.43. The molecule has 1 aromatic carbocycles. The molecule has 1 atom stereocenters. The van der Waals surface area contributed by atoms with Gasteiger partial charge in [0, 0.05) is 11.5 Å². The lowest BCUT2D eigenvalue weighted by atomic mass is 10.2. The number of hydrogen-bond donors (Lipinski definition) is 1. The monoisotopic (exact) mass is 276 g/mol. The van der Waals surface area contributed by atoms with E-state index in [-0.39, 0.29) is 11.2 Å². The van der Waals surface area contributed by atoms with Crippen molar-refractivity contribution in [3.05, 3.63) is 35.9 Å². The smallest absolute Gasteiger partial charge is 0.252 e. The number of amides is 1. The topological polar surface area (TPSA) is 41.5 Å². The van der Waals surface area contributed by atoms with Crippen molar-refractivity contribution in [3.8, 4) is 0 Å². The molecule has 1 aliphatic carbocycles. The first-order valence-electron chi connectivity index (χ1n) is 6.76. The quantitative estimate of drug-likeness (QED) is 0.838. The average Bonchev–Trinajstić information content (AvgIpc) is 2.96. The molecule has 1 fully saturated rings. The Kier molecular flexibility index (Phi) is 5.45. The molecule has 3 nitrogen and oxygen atoms in total. The second-order valence-corrected chi connectivity index (χ2v) is 6.13. The van der Waals surface area contributed by atoms with Crippen molar-refractivity contribution < 1.29 is 4.79 Å². The van der Waals surface area contributed by atoms with Gasteiger partial charge in [-0.05, 0) is 38.2 Å². The lowest BCUT2D eigenvalue weighted by Gasteiger charge is -2.09. The summed E-state index contributed by atoms with van der Waals surface area (Å²) in [4.78, 5) is 11.9. The van der Waals surface area contributed by atoms with Gasteiger partial charge in [-0.2, -0.15) is 5.10 Å². The summed E-state index contributed by atoms with van der Waals surface area (Å²) in [7, 11) is 0. The molecule has 2 rings (SSSR count). The van der Waals surface area contributed by atoms with E-state index < -0.39 is 0 Å². The number of nitrogens with one attached hydrogen (secondary N) is 1. The van der Waals surface area contributed by atoms with Gasteiger partial charge < -0.3 is 0 Å². The Morgan fingerprint density at radius 3 is 2.68 bits per heavy atom. The number of hydrogen-bond acceptors (Lipinski definition) is 3. The zero-order valence-electron chi connectivity index (χ0n) is 11.3. The van der Waals surface area contributed by atoms with Gasteiger partial charge in [0.05, 0.1) is 5.25 Å². The normalized spacial score (nSPS) is 16.2. The summed E-state index contributed by atoms with van der Waals surface area (Å²) >= 11 is 1.64. The maximum absolute atomic E-state index is 11.9. The Morgan fingerprint density at radius 2 is 2.00 bits per heavy atom. The van der Waals surface area contributed by atoms with Crippen LogP contribution < -0.4 is 5.43 Å². The Labute approximate surface area is 118 Å². The van der Waals surface area contributed by atoms with E-state index in [0.717, 1.165) is 24.3 Å². The number of thioether (sulfide) groups is 1. The van der Waals surface area contributed by atoms with E-state index in [1.54, 1.807) is 11.8 Å². The fourth-order valence-corrected chi connectivity index (χ4v) is 2.83. The van der Waals surface area contributed by atoms with Gasteiger partial charge in [0.25, 0.3) is 5.91 Å². The fraction of sp³-hybridized carbons (Fsp3) is 0.467. The molecule has 0 saturated heterocycles. The highest BCUT2D eigenvalue weighted by molar-refractivity contribution is 7.99. The van der Waals surface area contributed by atoms with Crippen LogP contribution in [-0.2, 0) is 10.5 Å². The van der Waals surface area contributed by atoms with Crippen LogP contribution in [0.4, 0.5) is 0 Å². The van der Waals surface area contributed by atoms with Gasteiger partial charge in [-0.1, -0.05) is 30.3 Å². The number of nitrogens with zero attached hydrogens (tertiary/aromatic N) is 1. The van der Waals surface area contributed by atoms with Crippen LogP contribution in [0.1, 0.15) is 38.2 Å². The van der Waals surface area contributed by atoms with Crippen LogP contribution >= 0.6 is 11.8 Å². The number of hydrazone groups is 1. The largest absolute Gasteiger partial charge is 0.272 e. The Morgan fingerprint density at radius 1 is 1.32 bits per heavy atom. The number of carbonyl (C=O) groups excluding carboxylic acids is 1. The standard InChI is InChI=1S/C15H20N2OS/c1-12(19-11-13-7-3-2-4-8-13)15(18)17-16-14-9-5-6-10-14/h2-4,7-8,12H,5-6,9-11H2,1H3,(H,17,18)/t12-/m0/s1. The van der Waals surface area contributed by atoms with Crippen LogP contribution in [0, 0.1) is 0 Å². The lowest BCUT2D eigenvalue weighted by Crippen LogP contribution is -2.27. The van der Waals surface area contributed by atoms with Crippen LogP contribution in [0.5, 0.6) is 0 Å². The predicted octanol–water partition coefficient (Wildman–Crippen LogP) is 3.35. The minimum Gasteiger partial charge on any atom is -0.272 e. The van der Waals surface area contributed by atoms with Crippen molar-refractivity contribution in [2.24, 2.45) is 5.10 Å². The van der Waals surface area contributed by atoms with Gasteiger partial charge in [-0.3, -0.25) is 4.79 Å². The maximum Gasteiger partial charge on any atom is 0.252 e. The van der Waals surface area contributed by atoms with Crippen molar-refractivity contribution in [2.75, 3.05) is 0 Å². The van der Waals surface area contributed by atoms with Gasteiger partial charge in [-0.25, -0.2) is 5.43 Å². The van der Waals surface area contributed by atoms with E-state index in [0.29, 0.717) is 0 Å². The van der Waals surface area contributed by atoms with Gasteiger partial charge in [0.1, 0.15) is 0 Å². The molecule has 19 heavy (non-hydrogen) atoms. The average molecular weight is 276 g/mol. The first-order valence-corrected chi connectivity index (χ1v) is 7.81. The van der Waals surface area contributed by atoms with E-state index in [9.17, 15) is 4.79 Å². The summed E-state index contributed by atoms with van der Waals surface area (Å²) in [5.74, 6) is 0.853. The van der Waals surface area contributed by atoms with Crippen LogP contribution in [0.25, 0.3) is 0 Å². The molecular formula is C15H20N2OS. The molecule has 0 unspecified atom stereocenters. The molecule has 102 valence electrons. The first kappa shape index (κ1) is 14.1. The minimum absolute atomic E-state index is 0.000307. The first-order chi connectivity index (χ1) is 9.25. The van der Waals surface area contributed by atoms with Crippen molar-refractivity contribution in [1.29, 1.82) is 0 Å². The third-order valence-electron chi connectivity index (χ3n) is 3.22. The molecule has 1 aliphatic rings. The Bertz CT molecular complexity index is 437. The summed E-state index contributed by atoms with van der Waals surface area (Å²) in [5, 5.41) is 4.13. The third kappa shape index (κ3) is 4.71. The molecule has 1 N–H and O–H groups in total. The van der Waals surface area contributed by atoms with Gasteiger partial charge in [0.2, 0.25) is 0 Å². The van der Waals surface area contributed by atoms with Gasteiger partial charge >= 0.3 is 0 Å². The number of carbonyl (C=O) groups is 1. The van der Waals surface area contributed by atoms with Gasteiger partial charge in [0.15, 0.2) is 0 Å². The van der Waals surface area contributed by atoms with E-state index in [4.69, 9.17) is 0 Å². The van der Waals surface area contributed by atoms with Crippen molar-refractivity contribution in [1.82, 2.24) is 5.43 Å². The van der Waals surface area contributed by atoms with Crippen LogP contribution in [0.2, 0.25) is 0 Å². The zero-order valence-corrected chi connectivity index (χ0v) is 12.1. The summed E-state index contributed by atoms with van der Waals surface area (Å²) in [5.41, 5.74) is 5.07. The van der Waals surface area contributed by atoms with Crippen molar-refractivity contribution >= 4 is 23.4 Å². The van der Waals surface area contributed by atoms with Crippen LogP contribution in [-0.4, -0.2) is 16.9 Å². The van der Waals surface area contributed by atoms with E-state index in [2.05, 4.69) is 22.7 Å². The minimum atomic E-state index is -0.0778. The zero-order chi connectivity index (χ0) is 13.5. The Balaban J connectivity index is 1.74. The molecule has 0 radical (unpaired) electrons. The summed E-state index contributed by atoms with van der Waals surface area (Å²) in [6.07, 6.45) is 4.47. The SMILES string of the molecule is C[C@H](SCc1ccccc1)C(=O)NN=C1CCCC1. The Hall–Kier alpha value is -1.29. The highest BCUT2D eigenvalue weighted by Crippen LogP contribution is 2.18.